The Morgan fingerprint density at radius 1 is 0.727 bits per heavy atom. The molecule has 0 bridgehead atoms. The summed E-state index contributed by atoms with van der Waals surface area (Å²) in [7, 11) is 0. The second-order valence-corrected chi connectivity index (χ2v) is 8.85. The SMILES string of the molecule is CCC(C)C(NC(=O)C(N)CCC(=O)O)C(=O)NC(C(=O)NC(C(=O)O)C(C)C)C(C)CC. The van der Waals surface area contributed by atoms with Gasteiger partial charge in [0.2, 0.25) is 17.7 Å². The third-order valence-electron chi connectivity index (χ3n) is 5.82. The highest BCUT2D eigenvalue weighted by Crippen LogP contribution is 2.13. The molecule has 3 amide bonds. The molecule has 6 atom stereocenters. The van der Waals surface area contributed by atoms with Gasteiger partial charge < -0.3 is 31.9 Å². The lowest BCUT2D eigenvalue weighted by Gasteiger charge is -2.30. The fourth-order valence-electron chi connectivity index (χ4n) is 3.07. The van der Waals surface area contributed by atoms with Gasteiger partial charge in [-0.2, -0.15) is 0 Å². The molecule has 11 heteroatoms. The molecule has 0 saturated heterocycles. The average molecular weight is 473 g/mol. The lowest BCUT2D eigenvalue weighted by atomic mass is 9.94. The van der Waals surface area contributed by atoms with E-state index < -0.39 is 53.8 Å². The lowest BCUT2D eigenvalue weighted by molar-refractivity contribution is -0.144. The monoisotopic (exact) mass is 472 g/mol. The molecule has 0 aromatic heterocycles. The van der Waals surface area contributed by atoms with Crippen LogP contribution in [0.5, 0.6) is 0 Å². The summed E-state index contributed by atoms with van der Waals surface area (Å²) in [5.74, 6) is -5.10. The Labute approximate surface area is 195 Å². The summed E-state index contributed by atoms with van der Waals surface area (Å²) in [6.07, 6.45) is 0.709. The van der Waals surface area contributed by atoms with Crippen molar-refractivity contribution in [2.24, 2.45) is 23.5 Å². The Bertz CT molecular complexity index is 698. The Hall–Kier alpha value is -2.69. The molecule has 0 radical (unpaired) electrons. The molecular weight excluding hydrogens is 432 g/mol. The van der Waals surface area contributed by atoms with E-state index in [-0.39, 0.29) is 30.6 Å². The first-order valence-corrected chi connectivity index (χ1v) is 11.4. The minimum Gasteiger partial charge on any atom is -0.481 e. The standard InChI is InChI=1S/C22H40N4O7/c1-7-12(5)17(25-19(29)14(23)9-10-15(27)28)21(31)26-18(13(6)8-2)20(30)24-16(11(3)4)22(32)33/h11-14,16-18H,7-10,23H2,1-6H3,(H,24,30)(H,25,29)(H,26,31)(H,27,28)(H,32,33). The maximum Gasteiger partial charge on any atom is 0.326 e. The molecule has 7 N–H and O–H groups in total. The van der Waals surface area contributed by atoms with Gasteiger partial charge in [-0.15, -0.1) is 0 Å². The fourth-order valence-corrected chi connectivity index (χ4v) is 3.07. The van der Waals surface area contributed by atoms with Gasteiger partial charge in [0.15, 0.2) is 0 Å². The summed E-state index contributed by atoms with van der Waals surface area (Å²) in [6, 6.07) is -4.22. The van der Waals surface area contributed by atoms with E-state index in [4.69, 9.17) is 10.8 Å². The number of aliphatic carboxylic acids is 2. The third-order valence-corrected chi connectivity index (χ3v) is 5.82. The van der Waals surface area contributed by atoms with Gasteiger partial charge in [-0.1, -0.05) is 54.4 Å². The zero-order valence-corrected chi connectivity index (χ0v) is 20.4. The van der Waals surface area contributed by atoms with Gasteiger partial charge in [-0.3, -0.25) is 19.2 Å². The summed E-state index contributed by atoms with van der Waals surface area (Å²) < 4.78 is 0. The van der Waals surface area contributed by atoms with E-state index in [1.807, 2.05) is 13.8 Å². The maximum atomic E-state index is 13.1. The van der Waals surface area contributed by atoms with Gasteiger partial charge in [0.1, 0.15) is 18.1 Å². The maximum absolute atomic E-state index is 13.1. The number of carboxylic acids is 2. The van der Waals surface area contributed by atoms with Crippen molar-refractivity contribution in [1.82, 2.24) is 16.0 Å². The van der Waals surface area contributed by atoms with Gasteiger partial charge in [0, 0.05) is 6.42 Å². The minimum atomic E-state index is -1.17. The molecule has 11 nitrogen and oxygen atoms in total. The first kappa shape index (κ1) is 30.3. The molecule has 33 heavy (non-hydrogen) atoms. The normalized spacial score (nSPS) is 16.6. The molecule has 0 aliphatic heterocycles. The van der Waals surface area contributed by atoms with Crippen LogP contribution in [0.2, 0.25) is 0 Å². The van der Waals surface area contributed by atoms with Crippen LogP contribution < -0.4 is 21.7 Å². The quantitative estimate of drug-likeness (QED) is 0.198. The predicted molar refractivity (Wildman–Crippen MR) is 122 cm³/mol. The number of nitrogens with two attached hydrogens (primary N) is 1. The number of hydrogen-bond acceptors (Lipinski definition) is 6. The number of nitrogens with one attached hydrogen (secondary N) is 3. The van der Waals surface area contributed by atoms with Crippen LogP contribution in [0.4, 0.5) is 0 Å². The van der Waals surface area contributed by atoms with E-state index in [1.54, 1.807) is 27.7 Å². The molecule has 190 valence electrons. The van der Waals surface area contributed by atoms with Crippen LogP contribution in [0.1, 0.15) is 67.2 Å². The van der Waals surface area contributed by atoms with Crippen LogP contribution in [0.25, 0.3) is 0 Å². The van der Waals surface area contributed by atoms with Crippen LogP contribution in [-0.2, 0) is 24.0 Å². The van der Waals surface area contributed by atoms with Gasteiger partial charge in [0.25, 0.3) is 0 Å². The number of carbonyl (C=O) groups excluding carboxylic acids is 3. The zero-order chi connectivity index (χ0) is 25.9. The Balaban J connectivity index is 5.57. The van der Waals surface area contributed by atoms with Gasteiger partial charge in [0.05, 0.1) is 6.04 Å². The molecular formula is C22H40N4O7. The van der Waals surface area contributed by atoms with Gasteiger partial charge in [-0.25, -0.2) is 4.79 Å². The minimum absolute atomic E-state index is 0.0836. The topological polar surface area (TPSA) is 188 Å². The molecule has 0 aliphatic rings. The number of rotatable bonds is 15. The van der Waals surface area contributed by atoms with Crippen molar-refractivity contribution in [3.05, 3.63) is 0 Å². The predicted octanol–water partition coefficient (Wildman–Crippen LogP) is 0.466. The smallest absolute Gasteiger partial charge is 0.326 e. The van der Waals surface area contributed by atoms with E-state index in [1.165, 1.54) is 0 Å². The highest BCUT2D eigenvalue weighted by atomic mass is 16.4. The van der Waals surface area contributed by atoms with E-state index in [0.717, 1.165) is 0 Å². The molecule has 0 aromatic rings. The summed E-state index contributed by atoms with van der Waals surface area (Å²) in [5.41, 5.74) is 5.76. The van der Waals surface area contributed by atoms with Crippen molar-refractivity contribution in [3.63, 3.8) is 0 Å². The van der Waals surface area contributed by atoms with Crippen molar-refractivity contribution in [2.45, 2.75) is 91.4 Å². The van der Waals surface area contributed by atoms with Crippen LogP contribution in [0.15, 0.2) is 0 Å². The van der Waals surface area contributed by atoms with Crippen molar-refractivity contribution < 1.29 is 34.2 Å². The van der Waals surface area contributed by atoms with Gasteiger partial charge >= 0.3 is 11.9 Å². The molecule has 0 aliphatic carbocycles. The number of carbonyl (C=O) groups is 5. The van der Waals surface area contributed by atoms with Gasteiger partial charge in [-0.05, 0) is 24.2 Å². The summed E-state index contributed by atoms with van der Waals surface area (Å²) >= 11 is 0. The average Bonchev–Trinajstić information content (AvgIpc) is 2.75. The number of hydrogen-bond donors (Lipinski definition) is 6. The second-order valence-electron chi connectivity index (χ2n) is 8.85. The van der Waals surface area contributed by atoms with Crippen LogP contribution in [-0.4, -0.2) is 64.0 Å². The first-order valence-electron chi connectivity index (χ1n) is 11.4. The van der Waals surface area contributed by atoms with E-state index in [9.17, 15) is 29.1 Å². The molecule has 0 saturated carbocycles. The highest BCUT2D eigenvalue weighted by molar-refractivity contribution is 5.94. The van der Waals surface area contributed by atoms with Crippen molar-refractivity contribution in [1.29, 1.82) is 0 Å². The van der Waals surface area contributed by atoms with E-state index in [0.29, 0.717) is 12.8 Å². The molecule has 0 rings (SSSR count). The van der Waals surface area contributed by atoms with Crippen molar-refractivity contribution in [3.8, 4) is 0 Å². The number of carboxylic acid groups (broad SMARTS) is 2. The van der Waals surface area contributed by atoms with Crippen LogP contribution in [0.3, 0.4) is 0 Å². The summed E-state index contributed by atoms with van der Waals surface area (Å²) in [4.78, 5) is 60.6. The fraction of sp³-hybridized carbons (Fsp3) is 0.773. The first-order chi connectivity index (χ1) is 15.3. The van der Waals surface area contributed by atoms with E-state index in [2.05, 4.69) is 16.0 Å². The van der Waals surface area contributed by atoms with Crippen LogP contribution >= 0.6 is 0 Å². The Morgan fingerprint density at radius 3 is 1.45 bits per heavy atom. The highest BCUT2D eigenvalue weighted by Gasteiger charge is 2.34. The largest absolute Gasteiger partial charge is 0.481 e. The number of amides is 3. The molecule has 0 fully saturated rings. The summed E-state index contributed by atoms with van der Waals surface area (Å²) in [5, 5.41) is 25.9. The Kier molecular flexibility index (Phi) is 13.3. The van der Waals surface area contributed by atoms with Crippen LogP contribution in [0, 0.1) is 17.8 Å². The molecule has 0 heterocycles. The summed E-state index contributed by atoms with van der Waals surface area (Å²) in [6.45, 7) is 10.5. The zero-order valence-electron chi connectivity index (χ0n) is 20.4. The Morgan fingerprint density at radius 2 is 1.12 bits per heavy atom. The molecule has 6 unspecified atom stereocenters. The molecule has 0 spiro atoms. The molecule has 0 aromatic carbocycles. The lowest BCUT2D eigenvalue weighted by Crippen LogP contribution is -2.60. The van der Waals surface area contributed by atoms with E-state index >= 15 is 0 Å². The third kappa shape index (κ3) is 10.2. The van der Waals surface area contributed by atoms with Crippen molar-refractivity contribution in [2.75, 3.05) is 0 Å². The second kappa shape index (κ2) is 14.5. The van der Waals surface area contributed by atoms with Crippen molar-refractivity contribution >= 4 is 29.7 Å².